The average Bonchev–Trinajstić information content (AvgIpc) is 2.37. The number of hydrogen-bond donors (Lipinski definition) is 0. The van der Waals surface area contributed by atoms with Crippen LogP contribution < -0.4 is 0 Å². The van der Waals surface area contributed by atoms with Gasteiger partial charge in [-0.2, -0.15) is 0 Å². The second kappa shape index (κ2) is 5.19. The summed E-state index contributed by atoms with van der Waals surface area (Å²) in [6.07, 6.45) is 1.37. The van der Waals surface area contributed by atoms with E-state index in [1.165, 1.54) is 34.2 Å². The molecule has 86 valence electrons. The van der Waals surface area contributed by atoms with Gasteiger partial charge in [-0.3, -0.25) is 4.79 Å². The van der Waals surface area contributed by atoms with Crippen LogP contribution in [0, 0.1) is 0 Å². The fourth-order valence-electron chi connectivity index (χ4n) is 1.89. The van der Waals surface area contributed by atoms with Crippen LogP contribution in [0.2, 0.25) is 0 Å². The molecular weight excluding hydrogens is 228 g/mol. The average molecular weight is 242 g/mol. The van der Waals surface area contributed by atoms with E-state index < -0.39 is 0 Å². The zero-order valence-corrected chi connectivity index (χ0v) is 10.5. The molecule has 0 saturated heterocycles. The molecule has 2 aromatic carbocycles. The standard InChI is InChI=1S/C15H14OS/c1-3-15(16)17-11(2)13-10-6-8-12-7-4-5-9-14(12)13/h3-11H,1H2,2H3. The smallest absolute Gasteiger partial charge is 0.212 e. The van der Waals surface area contributed by atoms with Gasteiger partial charge in [-0.1, -0.05) is 60.8 Å². The summed E-state index contributed by atoms with van der Waals surface area (Å²) in [4.78, 5) is 11.4. The molecule has 0 radical (unpaired) electrons. The molecule has 0 bridgehead atoms. The number of hydrogen-bond acceptors (Lipinski definition) is 2. The van der Waals surface area contributed by atoms with Crippen LogP contribution in [-0.4, -0.2) is 5.12 Å². The van der Waals surface area contributed by atoms with Crippen LogP contribution in [0.3, 0.4) is 0 Å². The predicted octanol–water partition coefficient (Wildman–Crippen LogP) is 4.35. The Hall–Kier alpha value is -1.54. The predicted molar refractivity (Wildman–Crippen MR) is 75.2 cm³/mol. The molecule has 2 aromatic rings. The fraction of sp³-hybridized carbons (Fsp3) is 0.133. The quantitative estimate of drug-likeness (QED) is 0.744. The van der Waals surface area contributed by atoms with Gasteiger partial charge in [-0.05, 0) is 29.3 Å². The summed E-state index contributed by atoms with van der Waals surface area (Å²) in [6.45, 7) is 5.55. The lowest BCUT2D eigenvalue weighted by Gasteiger charge is -2.12. The zero-order chi connectivity index (χ0) is 12.3. The van der Waals surface area contributed by atoms with Gasteiger partial charge in [0, 0.05) is 5.25 Å². The van der Waals surface area contributed by atoms with E-state index in [9.17, 15) is 4.79 Å². The van der Waals surface area contributed by atoms with E-state index in [0.29, 0.717) is 0 Å². The Labute approximate surface area is 106 Å². The highest BCUT2D eigenvalue weighted by atomic mass is 32.2. The van der Waals surface area contributed by atoms with E-state index in [2.05, 4.69) is 30.8 Å². The highest BCUT2D eigenvalue weighted by Crippen LogP contribution is 2.33. The van der Waals surface area contributed by atoms with Crippen molar-refractivity contribution in [2.75, 3.05) is 0 Å². The van der Waals surface area contributed by atoms with Gasteiger partial charge >= 0.3 is 0 Å². The molecule has 0 saturated carbocycles. The van der Waals surface area contributed by atoms with Gasteiger partial charge in [-0.25, -0.2) is 0 Å². The first kappa shape index (κ1) is 11.9. The van der Waals surface area contributed by atoms with Crippen molar-refractivity contribution < 1.29 is 4.79 Å². The van der Waals surface area contributed by atoms with Gasteiger partial charge in [0.25, 0.3) is 0 Å². The van der Waals surface area contributed by atoms with Crippen LogP contribution in [0.25, 0.3) is 10.8 Å². The summed E-state index contributed by atoms with van der Waals surface area (Å²) < 4.78 is 0. The molecule has 17 heavy (non-hydrogen) atoms. The first-order valence-electron chi connectivity index (χ1n) is 5.53. The second-order valence-electron chi connectivity index (χ2n) is 3.85. The molecular formula is C15H14OS. The molecule has 0 heterocycles. The van der Waals surface area contributed by atoms with Gasteiger partial charge in [0.1, 0.15) is 0 Å². The molecule has 2 heteroatoms. The van der Waals surface area contributed by atoms with Crippen molar-refractivity contribution in [1.29, 1.82) is 0 Å². The molecule has 0 spiro atoms. The molecule has 0 aromatic heterocycles. The van der Waals surface area contributed by atoms with E-state index in [4.69, 9.17) is 0 Å². The van der Waals surface area contributed by atoms with E-state index in [-0.39, 0.29) is 10.4 Å². The Bertz CT molecular complexity index is 554. The molecule has 0 fully saturated rings. The van der Waals surface area contributed by atoms with Crippen LogP contribution >= 0.6 is 11.8 Å². The number of benzene rings is 2. The van der Waals surface area contributed by atoms with Crippen molar-refractivity contribution in [2.45, 2.75) is 12.2 Å². The minimum atomic E-state index is 0.0189. The van der Waals surface area contributed by atoms with Gasteiger partial charge < -0.3 is 0 Å². The third-order valence-corrected chi connectivity index (χ3v) is 3.73. The van der Waals surface area contributed by atoms with E-state index in [1.807, 2.05) is 25.1 Å². The van der Waals surface area contributed by atoms with Crippen LogP contribution in [0.1, 0.15) is 17.7 Å². The second-order valence-corrected chi connectivity index (χ2v) is 5.20. The fourth-order valence-corrected chi connectivity index (χ4v) is 2.67. The van der Waals surface area contributed by atoms with Gasteiger partial charge in [0.2, 0.25) is 5.12 Å². The summed E-state index contributed by atoms with van der Waals surface area (Å²) in [5.74, 6) is 0. The number of carbonyl (C=O) groups excluding carboxylic acids is 1. The first-order chi connectivity index (χ1) is 8.22. The number of thioether (sulfide) groups is 1. The lowest BCUT2D eigenvalue weighted by atomic mass is 10.0. The van der Waals surface area contributed by atoms with Crippen molar-refractivity contribution >= 4 is 27.6 Å². The molecule has 0 amide bonds. The van der Waals surface area contributed by atoms with E-state index in [1.54, 1.807) is 0 Å². The van der Waals surface area contributed by atoms with Crippen molar-refractivity contribution in [2.24, 2.45) is 0 Å². The van der Waals surface area contributed by atoms with E-state index >= 15 is 0 Å². The van der Waals surface area contributed by atoms with Gasteiger partial charge in [-0.15, -0.1) is 0 Å². The van der Waals surface area contributed by atoms with Gasteiger partial charge in [0.15, 0.2) is 0 Å². The SMILES string of the molecule is C=CC(=O)SC(C)c1cccc2ccccc12. The van der Waals surface area contributed by atoms with Crippen LogP contribution in [0.15, 0.2) is 55.1 Å². The van der Waals surface area contributed by atoms with Gasteiger partial charge in [0.05, 0.1) is 0 Å². The summed E-state index contributed by atoms with van der Waals surface area (Å²) >= 11 is 1.31. The Kier molecular flexibility index (Phi) is 3.64. The molecule has 0 aliphatic heterocycles. The molecule has 1 nitrogen and oxygen atoms in total. The molecule has 0 aliphatic carbocycles. The van der Waals surface area contributed by atoms with Crippen LogP contribution in [0.4, 0.5) is 0 Å². The van der Waals surface area contributed by atoms with Crippen LogP contribution in [0.5, 0.6) is 0 Å². The maximum absolute atomic E-state index is 11.4. The molecule has 1 unspecified atom stereocenters. The lowest BCUT2D eigenvalue weighted by molar-refractivity contribution is -0.107. The Morgan fingerprint density at radius 2 is 1.94 bits per heavy atom. The summed E-state index contributed by atoms with van der Waals surface area (Å²) in [5, 5.41) is 2.59. The molecule has 1 atom stereocenters. The topological polar surface area (TPSA) is 17.1 Å². The Morgan fingerprint density at radius 3 is 2.71 bits per heavy atom. The number of carbonyl (C=O) groups is 1. The Balaban J connectivity index is 2.41. The summed E-state index contributed by atoms with van der Waals surface area (Å²) in [5.41, 5.74) is 1.20. The zero-order valence-electron chi connectivity index (χ0n) is 9.72. The van der Waals surface area contributed by atoms with Crippen LogP contribution in [-0.2, 0) is 4.79 Å². The summed E-state index contributed by atoms with van der Waals surface area (Å²) in [6, 6.07) is 14.4. The molecule has 0 aliphatic rings. The monoisotopic (exact) mass is 242 g/mol. The van der Waals surface area contributed by atoms with Crippen molar-refractivity contribution in [1.82, 2.24) is 0 Å². The highest BCUT2D eigenvalue weighted by molar-refractivity contribution is 8.14. The first-order valence-corrected chi connectivity index (χ1v) is 6.41. The maximum atomic E-state index is 11.4. The minimum Gasteiger partial charge on any atom is -0.282 e. The molecule has 2 rings (SSSR count). The minimum absolute atomic E-state index is 0.0189. The van der Waals surface area contributed by atoms with Crippen molar-refractivity contribution in [3.63, 3.8) is 0 Å². The third kappa shape index (κ3) is 2.59. The molecule has 0 N–H and O–H groups in total. The third-order valence-electron chi connectivity index (χ3n) is 2.72. The summed E-state index contributed by atoms with van der Waals surface area (Å²) in [7, 11) is 0. The van der Waals surface area contributed by atoms with Crippen molar-refractivity contribution in [3.8, 4) is 0 Å². The Morgan fingerprint density at radius 1 is 1.24 bits per heavy atom. The lowest BCUT2D eigenvalue weighted by Crippen LogP contribution is -1.94. The number of fused-ring (bicyclic) bond motifs is 1. The number of rotatable bonds is 3. The normalized spacial score (nSPS) is 12.3. The van der Waals surface area contributed by atoms with E-state index in [0.717, 1.165) is 0 Å². The van der Waals surface area contributed by atoms with Crippen molar-refractivity contribution in [3.05, 3.63) is 60.7 Å². The largest absolute Gasteiger partial charge is 0.282 e. The highest BCUT2D eigenvalue weighted by Gasteiger charge is 2.12. The maximum Gasteiger partial charge on any atom is 0.212 e.